The second-order valence-corrected chi connectivity index (χ2v) is 5.80. The molecule has 0 aromatic carbocycles. The summed E-state index contributed by atoms with van der Waals surface area (Å²) in [6.45, 7) is 0.475. The second-order valence-electron chi connectivity index (χ2n) is 5.80. The minimum Gasteiger partial charge on any atom is -0.391 e. The van der Waals surface area contributed by atoms with Gasteiger partial charge in [-0.05, 0) is 5.92 Å². The number of aliphatic hydroxyl groups is 1. The average molecular weight is 306 g/mol. The van der Waals surface area contributed by atoms with Gasteiger partial charge in [-0.1, -0.05) is 6.92 Å². The maximum atomic E-state index is 12.1. The molecule has 2 heterocycles. The van der Waals surface area contributed by atoms with Crippen molar-refractivity contribution in [3.63, 3.8) is 0 Å². The Balaban J connectivity index is 2.42. The summed E-state index contributed by atoms with van der Waals surface area (Å²) in [4.78, 5) is 34.4. The van der Waals surface area contributed by atoms with Crippen molar-refractivity contribution in [3.05, 3.63) is 12.4 Å². The predicted octanol–water partition coefficient (Wildman–Crippen LogP) is -1.14. The van der Waals surface area contributed by atoms with E-state index in [0.29, 0.717) is 10.8 Å². The molecule has 1 aromatic heterocycles. The fourth-order valence-corrected chi connectivity index (χ4v) is 2.41. The number of hydrogen-bond acceptors (Lipinski definition) is 7. The van der Waals surface area contributed by atoms with Crippen molar-refractivity contribution in [1.29, 1.82) is 0 Å². The van der Waals surface area contributed by atoms with E-state index in [1.807, 2.05) is 0 Å². The Labute approximate surface area is 128 Å². The number of hydroxylamine groups is 1. The van der Waals surface area contributed by atoms with Crippen molar-refractivity contribution >= 4 is 29.9 Å². The lowest BCUT2D eigenvalue weighted by molar-refractivity contribution is -0.151. The lowest BCUT2D eigenvalue weighted by Crippen LogP contribution is -2.61. The Morgan fingerprint density at radius 1 is 1.32 bits per heavy atom. The van der Waals surface area contributed by atoms with Gasteiger partial charge in [-0.3, -0.25) is 24.8 Å². The zero-order valence-corrected chi connectivity index (χ0v) is 12.8. The minimum atomic E-state index is -1.54. The Kier molecular flexibility index (Phi) is 4.77. The largest absolute Gasteiger partial charge is 0.391 e. The lowest BCUT2D eigenvalue weighted by Gasteiger charge is -2.30. The van der Waals surface area contributed by atoms with Crippen LogP contribution < -0.4 is 10.5 Å². The summed E-state index contributed by atoms with van der Waals surface area (Å²) in [7, 11) is 3.52. The minimum absolute atomic E-state index is 0.0340. The van der Waals surface area contributed by atoms with E-state index in [4.69, 9.17) is 0 Å². The number of rotatable bonds is 2. The summed E-state index contributed by atoms with van der Waals surface area (Å²) in [5.41, 5.74) is 0.164. The third-order valence-electron chi connectivity index (χ3n) is 3.62. The van der Waals surface area contributed by atoms with Gasteiger partial charge >= 0.3 is 6.85 Å². The van der Waals surface area contributed by atoms with Crippen molar-refractivity contribution in [2.24, 2.45) is 5.92 Å². The first-order valence-corrected chi connectivity index (χ1v) is 7.02. The highest BCUT2D eigenvalue weighted by atomic mass is 16.5. The van der Waals surface area contributed by atoms with Gasteiger partial charge in [-0.15, -0.1) is 0 Å². The quantitative estimate of drug-likeness (QED) is 0.525. The summed E-state index contributed by atoms with van der Waals surface area (Å²) in [5, 5.41) is 20.4. The molecule has 1 saturated heterocycles. The van der Waals surface area contributed by atoms with E-state index in [1.54, 1.807) is 25.9 Å². The Morgan fingerprint density at radius 3 is 2.64 bits per heavy atom. The van der Waals surface area contributed by atoms with E-state index in [-0.39, 0.29) is 24.4 Å². The number of ketones is 1. The van der Waals surface area contributed by atoms with Crippen LogP contribution in [0.5, 0.6) is 0 Å². The number of amides is 1. The van der Waals surface area contributed by atoms with Gasteiger partial charge in [-0.2, -0.15) is 0 Å². The lowest BCUT2D eigenvalue weighted by atomic mass is 9.51. The van der Waals surface area contributed by atoms with Gasteiger partial charge < -0.3 is 10.0 Å². The van der Waals surface area contributed by atoms with Gasteiger partial charge in [0.25, 0.3) is 0 Å². The monoisotopic (exact) mass is 306 g/mol. The van der Waals surface area contributed by atoms with Crippen LogP contribution in [-0.2, 0) is 9.59 Å². The molecule has 1 amide bonds. The van der Waals surface area contributed by atoms with Crippen molar-refractivity contribution < 1.29 is 19.9 Å². The first-order valence-electron chi connectivity index (χ1n) is 7.02. The molecule has 118 valence electrons. The summed E-state index contributed by atoms with van der Waals surface area (Å²) >= 11 is 0. The fourth-order valence-electron chi connectivity index (χ4n) is 2.41. The molecule has 2 unspecified atom stereocenters. The van der Waals surface area contributed by atoms with Crippen LogP contribution in [0.3, 0.4) is 0 Å². The van der Waals surface area contributed by atoms with Crippen molar-refractivity contribution in [1.82, 2.24) is 14.9 Å². The molecule has 0 aliphatic carbocycles. The Bertz CT molecular complexity index is 559. The number of aromatic nitrogens is 2. The highest BCUT2D eigenvalue weighted by molar-refractivity contribution is 6.75. The molecule has 0 bridgehead atoms. The zero-order chi connectivity index (χ0) is 16.4. The van der Waals surface area contributed by atoms with Gasteiger partial charge in [0.05, 0.1) is 11.8 Å². The molecular formula is C13H19BN4O4. The number of aliphatic hydroxyl groups excluding tert-OH is 1. The summed E-state index contributed by atoms with van der Waals surface area (Å²) < 4.78 is 0. The van der Waals surface area contributed by atoms with Crippen LogP contribution >= 0.6 is 0 Å². The van der Waals surface area contributed by atoms with Crippen molar-refractivity contribution in [2.45, 2.75) is 25.8 Å². The number of nitrogens with zero attached hydrogens (tertiary/aromatic N) is 4. The van der Waals surface area contributed by atoms with E-state index in [9.17, 15) is 19.9 Å². The highest BCUT2D eigenvalue weighted by Gasteiger charge is 2.43. The summed E-state index contributed by atoms with van der Waals surface area (Å²) in [5.74, 6) is -0.722. The molecule has 0 saturated carbocycles. The second kappa shape index (κ2) is 6.41. The molecule has 0 radical (unpaired) electrons. The maximum Gasteiger partial charge on any atom is 0.383 e. The summed E-state index contributed by atoms with van der Waals surface area (Å²) in [6, 6.07) is -1.54. The van der Waals surface area contributed by atoms with E-state index in [1.165, 1.54) is 12.4 Å². The molecule has 8 nitrogen and oxygen atoms in total. The van der Waals surface area contributed by atoms with E-state index >= 15 is 0 Å². The van der Waals surface area contributed by atoms with Gasteiger partial charge in [0.2, 0.25) is 5.91 Å². The highest BCUT2D eigenvalue weighted by Crippen LogP contribution is 2.17. The number of hydrogen-bond donors (Lipinski definition) is 2. The molecule has 2 atom stereocenters. The number of carbonyl (C=O) groups excluding carboxylic acids is 2. The van der Waals surface area contributed by atoms with Crippen LogP contribution in [0.4, 0.5) is 5.82 Å². The van der Waals surface area contributed by atoms with Gasteiger partial charge in [-0.25, -0.2) is 4.98 Å². The number of carbonyl (C=O) groups is 2. The predicted molar refractivity (Wildman–Crippen MR) is 79.8 cm³/mol. The first-order chi connectivity index (χ1) is 10.3. The van der Waals surface area contributed by atoms with Crippen LogP contribution in [0.25, 0.3) is 0 Å². The van der Waals surface area contributed by atoms with Crippen LogP contribution in [0.1, 0.15) is 19.8 Å². The van der Waals surface area contributed by atoms with Gasteiger partial charge in [0.15, 0.2) is 5.78 Å². The average Bonchev–Trinajstić information content (AvgIpc) is 2.46. The molecule has 2 rings (SSSR count). The van der Waals surface area contributed by atoms with Crippen LogP contribution in [0, 0.1) is 5.92 Å². The van der Waals surface area contributed by atoms with E-state index < -0.39 is 24.5 Å². The van der Waals surface area contributed by atoms with Crippen molar-refractivity contribution in [3.8, 4) is 0 Å². The zero-order valence-electron chi connectivity index (χ0n) is 12.8. The molecule has 1 aromatic rings. The summed E-state index contributed by atoms with van der Waals surface area (Å²) in [6.07, 6.45) is 2.95. The Morgan fingerprint density at radius 2 is 2.00 bits per heavy atom. The fraction of sp³-hybridized carbons (Fsp3) is 0.538. The third-order valence-corrected chi connectivity index (χ3v) is 3.62. The van der Waals surface area contributed by atoms with Crippen LogP contribution in [0.2, 0.25) is 0 Å². The molecule has 0 spiro atoms. The number of Topliss-reactive ketones (excluding diaryl/α,β-unsaturated/α-hetero) is 1. The third kappa shape index (κ3) is 3.25. The topological polar surface area (TPSA) is 107 Å². The van der Waals surface area contributed by atoms with E-state index in [2.05, 4.69) is 9.97 Å². The molecule has 1 aliphatic heterocycles. The van der Waals surface area contributed by atoms with Crippen LogP contribution in [0.15, 0.2) is 12.4 Å². The Hall–Kier alpha value is -2.00. The molecular weight excluding hydrogens is 287 g/mol. The molecule has 2 N–H and O–H groups in total. The van der Waals surface area contributed by atoms with Gasteiger partial charge in [0.1, 0.15) is 11.8 Å². The molecule has 1 aliphatic rings. The standard InChI is InChI=1S/C13H19BN4O4/c1-8-4-9(19)13(21)14(18(22)12(20)5-8)10-6-15-7-11(16-10)17(2)3/h6-8,13,21-22H,4-5H2,1-3H3. The smallest absolute Gasteiger partial charge is 0.383 e. The van der Waals surface area contributed by atoms with E-state index in [0.717, 1.165) is 0 Å². The normalized spacial score (nSPS) is 23.3. The number of anilines is 1. The van der Waals surface area contributed by atoms with Crippen molar-refractivity contribution in [2.75, 3.05) is 19.0 Å². The molecule has 22 heavy (non-hydrogen) atoms. The van der Waals surface area contributed by atoms with Crippen LogP contribution in [-0.4, -0.2) is 63.9 Å². The molecule has 1 fully saturated rings. The molecule has 9 heteroatoms. The maximum absolute atomic E-state index is 12.1. The SMILES string of the molecule is CC1CC(=O)C(O)B(c2cncc(N(C)C)n2)N(O)C(=O)C1. The first kappa shape index (κ1) is 16.4. The van der Waals surface area contributed by atoms with Gasteiger partial charge in [0, 0.05) is 33.1 Å².